The summed E-state index contributed by atoms with van der Waals surface area (Å²) in [6.07, 6.45) is 1.67. The lowest BCUT2D eigenvalue weighted by molar-refractivity contribution is -0.137. The Hall–Kier alpha value is -0.750. The molecule has 6 heteroatoms. The fraction of sp³-hybridized carbons (Fsp3) is 0.833. The van der Waals surface area contributed by atoms with E-state index in [-0.39, 0.29) is 23.6 Å². The molecule has 1 aliphatic heterocycles. The maximum Gasteiger partial charge on any atom is 0.316 e. The van der Waals surface area contributed by atoms with Crippen LogP contribution in [0.1, 0.15) is 26.7 Å². The zero-order chi connectivity index (χ0) is 13.5. The molecule has 5 nitrogen and oxygen atoms in total. The van der Waals surface area contributed by atoms with E-state index in [1.165, 1.54) is 11.8 Å². The number of amides is 1. The molecule has 1 atom stereocenters. The first-order valence-electron chi connectivity index (χ1n) is 6.22. The van der Waals surface area contributed by atoms with Crippen LogP contribution in [0.15, 0.2) is 0 Å². The third-order valence-electron chi connectivity index (χ3n) is 2.83. The minimum atomic E-state index is -0.853. The Balaban J connectivity index is 2.28. The fourth-order valence-electron chi connectivity index (χ4n) is 1.83. The van der Waals surface area contributed by atoms with Crippen molar-refractivity contribution < 1.29 is 19.4 Å². The van der Waals surface area contributed by atoms with Gasteiger partial charge in [0.15, 0.2) is 0 Å². The number of carboxylic acid groups (broad SMARTS) is 1. The highest BCUT2D eigenvalue weighted by Gasteiger charge is 2.23. The molecule has 0 radical (unpaired) electrons. The minimum absolute atomic E-state index is 0.0170. The molecule has 104 valence electrons. The number of ether oxygens (including phenoxy) is 1. The lowest BCUT2D eigenvalue weighted by atomic mass is 10.1. The van der Waals surface area contributed by atoms with Gasteiger partial charge < -0.3 is 15.2 Å². The molecule has 1 aliphatic rings. The first-order chi connectivity index (χ1) is 8.50. The molecule has 18 heavy (non-hydrogen) atoms. The third-order valence-corrected chi connectivity index (χ3v) is 4.36. The normalized spacial score (nSPS) is 18.6. The van der Waals surface area contributed by atoms with Crippen LogP contribution in [0.5, 0.6) is 0 Å². The van der Waals surface area contributed by atoms with Gasteiger partial charge in [0.2, 0.25) is 5.91 Å². The van der Waals surface area contributed by atoms with Crippen molar-refractivity contribution in [2.45, 2.75) is 38.0 Å². The van der Waals surface area contributed by atoms with Crippen LogP contribution in [0.3, 0.4) is 0 Å². The molecule has 0 spiro atoms. The lowest BCUT2D eigenvalue weighted by Gasteiger charge is -2.23. The largest absolute Gasteiger partial charge is 0.480 e. The molecule has 1 fully saturated rings. The summed E-state index contributed by atoms with van der Waals surface area (Å²) in [5, 5.41) is 11.4. The van der Waals surface area contributed by atoms with E-state index in [2.05, 4.69) is 5.32 Å². The summed E-state index contributed by atoms with van der Waals surface area (Å²) in [6, 6.07) is 0.175. The molecule has 1 rings (SSSR count). The fourth-order valence-corrected chi connectivity index (χ4v) is 2.77. The third kappa shape index (κ3) is 5.27. The topological polar surface area (TPSA) is 75.6 Å². The quantitative estimate of drug-likeness (QED) is 0.760. The van der Waals surface area contributed by atoms with Crippen molar-refractivity contribution in [1.82, 2.24) is 5.32 Å². The number of hydrogen-bond acceptors (Lipinski definition) is 4. The van der Waals surface area contributed by atoms with Crippen LogP contribution >= 0.6 is 11.8 Å². The van der Waals surface area contributed by atoms with Crippen molar-refractivity contribution in [2.75, 3.05) is 19.0 Å². The van der Waals surface area contributed by atoms with Gasteiger partial charge in [-0.2, -0.15) is 0 Å². The zero-order valence-electron chi connectivity index (χ0n) is 10.8. The molecule has 1 saturated heterocycles. The van der Waals surface area contributed by atoms with Gasteiger partial charge in [0.1, 0.15) is 5.25 Å². The Morgan fingerprint density at radius 1 is 1.39 bits per heavy atom. The summed E-state index contributed by atoms with van der Waals surface area (Å²) < 4.78 is 5.21. The van der Waals surface area contributed by atoms with Crippen molar-refractivity contribution >= 4 is 23.6 Å². The molecule has 0 aromatic carbocycles. The SMILES string of the molecule is CC(C)C(SCC(=O)NC1CCOCC1)C(=O)O. The predicted molar refractivity (Wildman–Crippen MR) is 70.7 cm³/mol. The maximum atomic E-state index is 11.7. The molecule has 0 aromatic heterocycles. The molecular formula is C12H21NO4S. The maximum absolute atomic E-state index is 11.7. The second-order valence-corrected chi connectivity index (χ2v) is 5.90. The average Bonchev–Trinajstić information content (AvgIpc) is 2.29. The number of rotatable bonds is 6. The van der Waals surface area contributed by atoms with E-state index in [1.54, 1.807) is 0 Å². The number of hydrogen-bond donors (Lipinski definition) is 2. The van der Waals surface area contributed by atoms with Crippen LogP contribution in [0, 0.1) is 5.92 Å². The van der Waals surface area contributed by atoms with Gasteiger partial charge in [-0.3, -0.25) is 9.59 Å². The molecular weight excluding hydrogens is 254 g/mol. The molecule has 0 aliphatic carbocycles. The highest BCUT2D eigenvalue weighted by Crippen LogP contribution is 2.19. The van der Waals surface area contributed by atoms with E-state index in [0.29, 0.717) is 13.2 Å². The predicted octanol–water partition coefficient (Wildman–Crippen LogP) is 1.12. The van der Waals surface area contributed by atoms with Crippen molar-refractivity contribution in [3.8, 4) is 0 Å². The summed E-state index contributed by atoms with van der Waals surface area (Å²) in [7, 11) is 0. The second-order valence-electron chi connectivity index (χ2n) is 4.77. The van der Waals surface area contributed by atoms with Gasteiger partial charge >= 0.3 is 5.97 Å². The summed E-state index contributed by atoms with van der Waals surface area (Å²) in [5.41, 5.74) is 0. The number of nitrogens with one attached hydrogen (secondary N) is 1. The van der Waals surface area contributed by atoms with E-state index in [0.717, 1.165) is 12.8 Å². The van der Waals surface area contributed by atoms with Gasteiger partial charge in [-0.15, -0.1) is 11.8 Å². The Kier molecular flexibility index (Phi) is 6.49. The first kappa shape index (κ1) is 15.3. The Morgan fingerprint density at radius 3 is 2.50 bits per heavy atom. The second kappa shape index (κ2) is 7.63. The number of aliphatic carboxylic acids is 1. The van der Waals surface area contributed by atoms with Gasteiger partial charge in [-0.05, 0) is 18.8 Å². The number of carboxylic acids is 1. The minimum Gasteiger partial charge on any atom is -0.480 e. The van der Waals surface area contributed by atoms with E-state index in [1.807, 2.05) is 13.8 Å². The molecule has 1 unspecified atom stereocenters. The van der Waals surface area contributed by atoms with Crippen molar-refractivity contribution in [2.24, 2.45) is 5.92 Å². The van der Waals surface area contributed by atoms with Crippen LogP contribution in [-0.2, 0) is 14.3 Å². The lowest BCUT2D eigenvalue weighted by Crippen LogP contribution is -2.40. The molecule has 2 N–H and O–H groups in total. The van der Waals surface area contributed by atoms with Gasteiger partial charge in [0.25, 0.3) is 0 Å². The molecule has 1 heterocycles. The number of carbonyl (C=O) groups is 2. The van der Waals surface area contributed by atoms with E-state index in [9.17, 15) is 9.59 Å². The molecule has 0 bridgehead atoms. The van der Waals surface area contributed by atoms with Crippen LogP contribution in [0.4, 0.5) is 0 Å². The Labute approximate surface area is 112 Å². The summed E-state index contributed by atoms with van der Waals surface area (Å²) in [5.74, 6) is -0.719. The van der Waals surface area contributed by atoms with Crippen molar-refractivity contribution in [3.05, 3.63) is 0 Å². The van der Waals surface area contributed by atoms with Crippen LogP contribution in [0.2, 0.25) is 0 Å². The molecule has 0 saturated carbocycles. The van der Waals surface area contributed by atoms with Crippen LogP contribution < -0.4 is 5.32 Å². The Morgan fingerprint density at radius 2 is 2.00 bits per heavy atom. The smallest absolute Gasteiger partial charge is 0.316 e. The zero-order valence-corrected chi connectivity index (χ0v) is 11.7. The van der Waals surface area contributed by atoms with Crippen molar-refractivity contribution in [1.29, 1.82) is 0 Å². The first-order valence-corrected chi connectivity index (χ1v) is 7.27. The van der Waals surface area contributed by atoms with Gasteiger partial charge in [0.05, 0.1) is 5.75 Å². The Bertz CT molecular complexity index is 290. The van der Waals surface area contributed by atoms with Crippen LogP contribution in [0.25, 0.3) is 0 Å². The molecule has 0 aromatic rings. The summed E-state index contributed by atoms with van der Waals surface area (Å²) in [4.78, 5) is 22.7. The number of carbonyl (C=O) groups excluding carboxylic acids is 1. The van der Waals surface area contributed by atoms with Crippen LogP contribution in [-0.4, -0.2) is 47.2 Å². The highest BCUT2D eigenvalue weighted by molar-refractivity contribution is 8.01. The standard InChI is InChI=1S/C12H21NO4S/c1-8(2)11(12(15)16)18-7-10(14)13-9-3-5-17-6-4-9/h8-9,11H,3-7H2,1-2H3,(H,13,14)(H,15,16). The van der Waals surface area contributed by atoms with Gasteiger partial charge in [-0.25, -0.2) is 0 Å². The van der Waals surface area contributed by atoms with E-state index in [4.69, 9.17) is 9.84 Å². The van der Waals surface area contributed by atoms with Crippen molar-refractivity contribution in [3.63, 3.8) is 0 Å². The molecule has 1 amide bonds. The van der Waals surface area contributed by atoms with E-state index < -0.39 is 11.2 Å². The monoisotopic (exact) mass is 275 g/mol. The van der Waals surface area contributed by atoms with Gasteiger partial charge in [0, 0.05) is 19.3 Å². The van der Waals surface area contributed by atoms with Gasteiger partial charge in [-0.1, -0.05) is 13.8 Å². The highest BCUT2D eigenvalue weighted by atomic mass is 32.2. The summed E-state index contributed by atoms with van der Waals surface area (Å²) >= 11 is 1.19. The van der Waals surface area contributed by atoms with E-state index >= 15 is 0 Å². The average molecular weight is 275 g/mol. The number of thioether (sulfide) groups is 1. The summed E-state index contributed by atoms with van der Waals surface area (Å²) in [6.45, 7) is 5.06.